The molecule has 0 saturated heterocycles. The van der Waals surface area contributed by atoms with Crippen molar-refractivity contribution >= 4 is 17.6 Å². The van der Waals surface area contributed by atoms with Crippen molar-refractivity contribution in [2.75, 3.05) is 0 Å². The maximum Gasteiger partial charge on any atom is 0.332 e. The average molecular weight is 251 g/mol. The highest BCUT2D eigenvalue weighted by atomic mass is 16.6. The molecule has 94 valence electrons. The van der Waals surface area contributed by atoms with Crippen LogP contribution in [0.5, 0.6) is 0 Å². The first-order valence-electron chi connectivity index (χ1n) is 4.80. The molecule has 1 aromatic carbocycles. The number of nitro groups is 1. The highest BCUT2D eigenvalue weighted by molar-refractivity contribution is 5.94. The molecule has 0 bridgehead atoms. The van der Waals surface area contributed by atoms with Gasteiger partial charge in [-0.2, -0.15) is 0 Å². The van der Waals surface area contributed by atoms with Gasteiger partial charge in [0.2, 0.25) is 0 Å². The van der Waals surface area contributed by atoms with Crippen LogP contribution < -0.4 is 0 Å². The molecule has 0 spiro atoms. The zero-order chi connectivity index (χ0) is 13.7. The molecule has 7 heteroatoms. The zero-order valence-corrected chi connectivity index (χ0v) is 9.07. The predicted octanol–water partition coefficient (Wildman–Crippen LogP) is 1.23. The lowest BCUT2D eigenvalue weighted by Crippen LogP contribution is -2.06. The van der Waals surface area contributed by atoms with E-state index in [1.807, 2.05) is 0 Å². The van der Waals surface area contributed by atoms with Crippen LogP contribution in [0.1, 0.15) is 5.56 Å². The second kappa shape index (κ2) is 5.58. The minimum Gasteiger partial charge on any atom is -0.478 e. The number of carbonyl (C=O) groups is 2. The fraction of sp³-hybridized carbons (Fsp3) is 0.0909. The largest absolute Gasteiger partial charge is 0.478 e. The van der Waals surface area contributed by atoms with Crippen LogP contribution in [0.3, 0.4) is 0 Å². The third kappa shape index (κ3) is 3.71. The monoisotopic (exact) mass is 251 g/mol. The number of aliphatic carboxylic acids is 2. The molecule has 0 radical (unpaired) electrons. The summed E-state index contributed by atoms with van der Waals surface area (Å²) in [5.74, 6) is -2.69. The molecule has 0 heterocycles. The first kappa shape index (κ1) is 13.4. The van der Waals surface area contributed by atoms with Gasteiger partial charge >= 0.3 is 11.9 Å². The summed E-state index contributed by atoms with van der Waals surface area (Å²) in [6, 6.07) is 5.23. The van der Waals surface area contributed by atoms with Crippen molar-refractivity contribution in [2.24, 2.45) is 0 Å². The van der Waals surface area contributed by atoms with Crippen LogP contribution in [0.4, 0.5) is 5.69 Å². The summed E-state index contributed by atoms with van der Waals surface area (Å²) >= 11 is 0. The van der Waals surface area contributed by atoms with E-state index in [1.54, 1.807) is 0 Å². The molecular formula is C11H9NO6. The summed E-state index contributed by atoms with van der Waals surface area (Å²) in [5, 5.41) is 27.7. The molecule has 2 N–H and O–H groups in total. The van der Waals surface area contributed by atoms with Gasteiger partial charge in [0.05, 0.1) is 4.92 Å². The molecule has 7 nitrogen and oxygen atoms in total. The first-order valence-corrected chi connectivity index (χ1v) is 4.80. The molecule has 0 saturated carbocycles. The highest BCUT2D eigenvalue weighted by Gasteiger charge is 2.11. The summed E-state index contributed by atoms with van der Waals surface area (Å²) in [4.78, 5) is 31.0. The Morgan fingerprint density at radius 2 is 1.78 bits per heavy atom. The third-order valence-corrected chi connectivity index (χ3v) is 2.11. The number of hydrogen-bond acceptors (Lipinski definition) is 4. The molecule has 0 atom stereocenters. The lowest BCUT2D eigenvalue weighted by atomic mass is 10.0. The molecule has 0 unspecified atom stereocenters. The Morgan fingerprint density at radius 3 is 2.17 bits per heavy atom. The number of nitrogens with zero attached hydrogens (tertiary/aromatic N) is 1. The van der Waals surface area contributed by atoms with Crippen LogP contribution >= 0.6 is 0 Å². The second-order valence-electron chi connectivity index (χ2n) is 3.41. The number of rotatable bonds is 5. The Morgan fingerprint density at radius 1 is 1.22 bits per heavy atom. The van der Waals surface area contributed by atoms with E-state index in [2.05, 4.69) is 0 Å². The smallest absolute Gasteiger partial charge is 0.332 e. The van der Waals surface area contributed by atoms with Crippen LogP contribution in [0.2, 0.25) is 0 Å². The summed E-state index contributed by atoms with van der Waals surface area (Å²) in [6.45, 7) is 0. The van der Waals surface area contributed by atoms with Crippen LogP contribution in [0.15, 0.2) is 35.9 Å². The molecule has 0 aliphatic heterocycles. The van der Waals surface area contributed by atoms with E-state index in [1.165, 1.54) is 24.3 Å². The van der Waals surface area contributed by atoms with E-state index in [4.69, 9.17) is 10.2 Å². The van der Waals surface area contributed by atoms with E-state index in [0.29, 0.717) is 11.6 Å². The summed E-state index contributed by atoms with van der Waals surface area (Å²) < 4.78 is 0. The van der Waals surface area contributed by atoms with Gasteiger partial charge in [0.1, 0.15) is 0 Å². The number of carboxylic acids is 2. The molecule has 0 fully saturated rings. The molecule has 0 aliphatic carbocycles. The standard InChI is InChI=1S/C11H9NO6/c13-10(14)6-8(11(15)16)5-7-1-3-9(4-2-7)12(17)18/h1-4,6H,5H2,(H,13,14)(H,15,16). The van der Waals surface area contributed by atoms with Crippen molar-refractivity contribution in [3.8, 4) is 0 Å². The molecular weight excluding hydrogens is 242 g/mol. The van der Waals surface area contributed by atoms with Gasteiger partial charge < -0.3 is 10.2 Å². The molecule has 0 amide bonds. The van der Waals surface area contributed by atoms with Crippen LogP contribution in [0.25, 0.3) is 0 Å². The van der Waals surface area contributed by atoms with Crippen molar-refractivity contribution in [1.29, 1.82) is 0 Å². The highest BCUT2D eigenvalue weighted by Crippen LogP contribution is 2.14. The van der Waals surface area contributed by atoms with E-state index in [0.717, 1.165) is 0 Å². The lowest BCUT2D eigenvalue weighted by Gasteiger charge is -2.01. The topological polar surface area (TPSA) is 118 Å². The average Bonchev–Trinajstić information content (AvgIpc) is 2.28. The maximum atomic E-state index is 10.8. The Bertz CT molecular complexity index is 517. The lowest BCUT2D eigenvalue weighted by molar-refractivity contribution is -0.384. The Kier molecular flexibility index (Phi) is 4.14. The Balaban J connectivity index is 2.92. The SMILES string of the molecule is O=C(O)C=C(Cc1ccc([N+](=O)[O-])cc1)C(=O)O. The van der Waals surface area contributed by atoms with Gasteiger partial charge in [-0.1, -0.05) is 12.1 Å². The third-order valence-electron chi connectivity index (χ3n) is 2.11. The van der Waals surface area contributed by atoms with Crippen LogP contribution in [0, 0.1) is 10.1 Å². The number of hydrogen-bond donors (Lipinski definition) is 2. The Labute approximate surface area is 101 Å². The molecule has 1 rings (SSSR count). The number of carboxylic acid groups (broad SMARTS) is 2. The fourth-order valence-corrected chi connectivity index (χ4v) is 1.29. The van der Waals surface area contributed by atoms with E-state index >= 15 is 0 Å². The summed E-state index contributed by atoms with van der Waals surface area (Å²) in [5.41, 5.74) is 0.0738. The second-order valence-corrected chi connectivity index (χ2v) is 3.41. The normalized spacial score (nSPS) is 11.0. The van der Waals surface area contributed by atoms with Gasteiger partial charge in [-0.05, 0) is 5.56 Å². The van der Waals surface area contributed by atoms with Crippen molar-refractivity contribution in [3.05, 3.63) is 51.6 Å². The minimum atomic E-state index is -1.35. The van der Waals surface area contributed by atoms with Crippen molar-refractivity contribution in [1.82, 2.24) is 0 Å². The van der Waals surface area contributed by atoms with Gasteiger partial charge in [0, 0.05) is 30.2 Å². The van der Waals surface area contributed by atoms with E-state index < -0.39 is 16.9 Å². The van der Waals surface area contributed by atoms with Crippen molar-refractivity contribution in [2.45, 2.75) is 6.42 Å². The first-order chi connectivity index (χ1) is 8.40. The number of benzene rings is 1. The number of nitro benzene ring substituents is 1. The molecule has 0 aliphatic rings. The quantitative estimate of drug-likeness (QED) is 0.461. The van der Waals surface area contributed by atoms with E-state index in [-0.39, 0.29) is 17.7 Å². The maximum absolute atomic E-state index is 10.8. The van der Waals surface area contributed by atoms with Crippen molar-refractivity contribution < 1.29 is 24.7 Å². The van der Waals surface area contributed by atoms with E-state index in [9.17, 15) is 19.7 Å². The van der Waals surface area contributed by atoms with Crippen molar-refractivity contribution in [3.63, 3.8) is 0 Å². The minimum absolute atomic E-state index is 0.111. The summed E-state index contributed by atoms with van der Waals surface area (Å²) in [6.07, 6.45) is 0.489. The van der Waals surface area contributed by atoms with Gasteiger partial charge in [0.25, 0.3) is 5.69 Å². The molecule has 0 aromatic heterocycles. The van der Waals surface area contributed by atoms with Gasteiger partial charge in [-0.3, -0.25) is 10.1 Å². The fourth-order valence-electron chi connectivity index (χ4n) is 1.29. The Hall–Kier alpha value is -2.70. The zero-order valence-electron chi connectivity index (χ0n) is 9.07. The summed E-state index contributed by atoms with van der Waals surface area (Å²) in [7, 11) is 0. The molecule has 1 aromatic rings. The van der Waals surface area contributed by atoms with Crippen LogP contribution in [-0.2, 0) is 16.0 Å². The predicted molar refractivity (Wildman–Crippen MR) is 60.2 cm³/mol. The van der Waals surface area contributed by atoms with Gasteiger partial charge in [-0.15, -0.1) is 0 Å². The van der Waals surface area contributed by atoms with Gasteiger partial charge in [0.15, 0.2) is 0 Å². The number of non-ortho nitro benzene ring substituents is 1. The molecule has 18 heavy (non-hydrogen) atoms. The van der Waals surface area contributed by atoms with Gasteiger partial charge in [-0.25, -0.2) is 9.59 Å². The van der Waals surface area contributed by atoms with Crippen LogP contribution in [-0.4, -0.2) is 27.1 Å².